The summed E-state index contributed by atoms with van der Waals surface area (Å²) < 4.78 is 38.4. The molecule has 2 saturated heterocycles. The van der Waals surface area contributed by atoms with Gasteiger partial charge in [-0.05, 0) is 30.9 Å². The van der Waals surface area contributed by atoms with Gasteiger partial charge in [-0.15, -0.1) is 11.3 Å². The maximum Gasteiger partial charge on any atom is 0.393 e. The van der Waals surface area contributed by atoms with Crippen molar-refractivity contribution in [2.45, 2.75) is 25.6 Å². The van der Waals surface area contributed by atoms with Crippen LogP contribution in [0, 0.1) is 11.8 Å². The van der Waals surface area contributed by atoms with Crippen molar-refractivity contribution < 1.29 is 13.2 Å². The molecule has 0 spiro atoms. The SMILES string of the molecule is FC(F)(F)Cc1cc2c(N3C[C@H]4CCN(Cc5cncnc5)C[C@H]4C3)ncnc2s1. The van der Waals surface area contributed by atoms with Crippen molar-refractivity contribution in [3.63, 3.8) is 0 Å². The molecule has 10 heteroatoms. The number of likely N-dealkylation sites (tertiary alicyclic amines) is 1. The molecule has 3 aromatic rings. The molecule has 2 aliphatic rings. The van der Waals surface area contributed by atoms with Gasteiger partial charge >= 0.3 is 6.18 Å². The third kappa shape index (κ3) is 4.11. The van der Waals surface area contributed by atoms with Crippen LogP contribution in [0.25, 0.3) is 10.2 Å². The maximum atomic E-state index is 12.8. The van der Waals surface area contributed by atoms with Gasteiger partial charge in [0.2, 0.25) is 0 Å². The van der Waals surface area contributed by atoms with E-state index in [0.717, 1.165) is 67.2 Å². The smallest absolute Gasteiger partial charge is 0.355 e. The van der Waals surface area contributed by atoms with Crippen molar-refractivity contribution in [1.82, 2.24) is 24.8 Å². The van der Waals surface area contributed by atoms with E-state index in [9.17, 15) is 13.2 Å². The van der Waals surface area contributed by atoms with Crippen LogP contribution in [0.3, 0.4) is 0 Å². The molecule has 158 valence electrons. The summed E-state index contributed by atoms with van der Waals surface area (Å²) in [5.41, 5.74) is 1.11. The van der Waals surface area contributed by atoms with Crippen LogP contribution in [0.5, 0.6) is 0 Å². The predicted molar refractivity (Wildman–Crippen MR) is 108 cm³/mol. The van der Waals surface area contributed by atoms with Gasteiger partial charge in [0.15, 0.2) is 0 Å². The molecule has 0 aliphatic carbocycles. The molecule has 0 aromatic carbocycles. The Labute approximate surface area is 175 Å². The first kappa shape index (κ1) is 19.6. The second kappa shape index (κ2) is 7.73. The number of nitrogens with zero attached hydrogens (tertiary/aromatic N) is 6. The van der Waals surface area contributed by atoms with Gasteiger partial charge in [0.1, 0.15) is 23.3 Å². The summed E-state index contributed by atoms with van der Waals surface area (Å²) in [6.45, 7) is 4.62. The lowest BCUT2D eigenvalue weighted by Crippen LogP contribution is -2.39. The number of halogens is 3. The van der Waals surface area contributed by atoms with E-state index < -0.39 is 12.6 Å². The molecule has 0 amide bonds. The second-order valence-corrected chi connectivity index (χ2v) is 9.23. The normalized spacial score (nSPS) is 22.6. The fourth-order valence-corrected chi connectivity index (χ4v) is 5.68. The minimum Gasteiger partial charge on any atom is -0.355 e. The molecule has 0 N–H and O–H groups in total. The molecule has 5 heterocycles. The van der Waals surface area contributed by atoms with Gasteiger partial charge in [-0.25, -0.2) is 19.9 Å². The lowest BCUT2D eigenvalue weighted by atomic mass is 9.88. The Balaban J connectivity index is 1.31. The first-order valence-electron chi connectivity index (χ1n) is 9.96. The van der Waals surface area contributed by atoms with E-state index in [1.807, 2.05) is 12.4 Å². The third-order valence-electron chi connectivity index (χ3n) is 5.94. The Bertz CT molecular complexity index is 1020. The van der Waals surface area contributed by atoms with Gasteiger partial charge in [-0.1, -0.05) is 0 Å². The summed E-state index contributed by atoms with van der Waals surface area (Å²) in [6.07, 6.45) is 2.68. The summed E-state index contributed by atoms with van der Waals surface area (Å²) in [5.74, 6) is 1.86. The van der Waals surface area contributed by atoms with E-state index in [-0.39, 0.29) is 4.88 Å². The van der Waals surface area contributed by atoms with E-state index in [1.54, 1.807) is 6.07 Å². The minimum absolute atomic E-state index is 0.284. The van der Waals surface area contributed by atoms with Gasteiger partial charge < -0.3 is 4.90 Å². The third-order valence-corrected chi connectivity index (χ3v) is 6.98. The average molecular weight is 434 g/mol. The van der Waals surface area contributed by atoms with Crippen LogP contribution >= 0.6 is 11.3 Å². The highest BCUT2D eigenvalue weighted by molar-refractivity contribution is 7.18. The Kier molecular flexibility index (Phi) is 5.06. The summed E-state index contributed by atoms with van der Waals surface area (Å²) in [5, 5.41) is 0.735. The Morgan fingerprint density at radius 2 is 1.83 bits per heavy atom. The number of hydrogen-bond acceptors (Lipinski definition) is 7. The summed E-state index contributed by atoms with van der Waals surface area (Å²) in [4.78, 5) is 22.4. The maximum absolute atomic E-state index is 12.8. The molecular weight excluding hydrogens is 413 g/mol. The van der Waals surface area contributed by atoms with E-state index in [0.29, 0.717) is 16.7 Å². The van der Waals surface area contributed by atoms with Gasteiger partial charge in [-0.3, -0.25) is 4.90 Å². The molecule has 5 rings (SSSR count). The highest BCUT2D eigenvalue weighted by atomic mass is 32.1. The molecule has 30 heavy (non-hydrogen) atoms. The van der Waals surface area contributed by atoms with Crippen molar-refractivity contribution in [1.29, 1.82) is 0 Å². The van der Waals surface area contributed by atoms with Crippen LogP contribution in [-0.4, -0.2) is 57.2 Å². The van der Waals surface area contributed by atoms with E-state index in [1.165, 1.54) is 12.7 Å². The monoisotopic (exact) mass is 434 g/mol. The molecule has 0 saturated carbocycles. The predicted octanol–water partition coefficient (Wildman–Crippen LogP) is 3.54. The summed E-state index contributed by atoms with van der Waals surface area (Å²) >= 11 is 1.11. The summed E-state index contributed by atoms with van der Waals surface area (Å²) in [7, 11) is 0. The Morgan fingerprint density at radius 3 is 2.63 bits per heavy atom. The van der Waals surface area contributed by atoms with Crippen LogP contribution < -0.4 is 4.90 Å². The second-order valence-electron chi connectivity index (χ2n) is 8.12. The highest BCUT2D eigenvalue weighted by Crippen LogP contribution is 2.38. The van der Waals surface area contributed by atoms with Gasteiger partial charge in [0, 0.05) is 49.0 Å². The van der Waals surface area contributed by atoms with Crippen LogP contribution in [0.2, 0.25) is 0 Å². The fraction of sp³-hybridized carbons (Fsp3) is 0.500. The first-order valence-corrected chi connectivity index (χ1v) is 10.8. The zero-order valence-corrected chi connectivity index (χ0v) is 17.0. The van der Waals surface area contributed by atoms with Gasteiger partial charge in [0.25, 0.3) is 0 Å². The number of rotatable bonds is 4. The molecule has 6 nitrogen and oxygen atoms in total. The topological polar surface area (TPSA) is 58.0 Å². The van der Waals surface area contributed by atoms with Crippen molar-refractivity contribution in [3.8, 4) is 0 Å². The van der Waals surface area contributed by atoms with E-state index in [4.69, 9.17) is 0 Å². The molecule has 0 unspecified atom stereocenters. The number of thiophene rings is 1. The fourth-order valence-electron chi connectivity index (χ4n) is 4.66. The number of alkyl halides is 3. The number of fused-ring (bicyclic) bond motifs is 2. The van der Waals surface area contributed by atoms with Crippen molar-refractivity contribution >= 4 is 27.4 Å². The number of aromatic nitrogens is 4. The number of anilines is 1. The van der Waals surface area contributed by atoms with Crippen LogP contribution in [0.15, 0.2) is 31.1 Å². The zero-order valence-electron chi connectivity index (χ0n) is 16.2. The minimum atomic E-state index is -4.22. The quantitative estimate of drug-likeness (QED) is 0.626. The molecule has 0 bridgehead atoms. The van der Waals surface area contributed by atoms with Gasteiger partial charge in [0.05, 0.1) is 11.8 Å². The van der Waals surface area contributed by atoms with E-state index >= 15 is 0 Å². The molecule has 2 fully saturated rings. The van der Waals surface area contributed by atoms with Crippen molar-refractivity contribution in [2.75, 3.05) is 31.1 Å². The van der Waals surface area contributed by atoms with Gasteiger partial charge in [-0.2, -0.15) is 13.2 Å². The molecule has 0 radical (unpaired) electrons. The standard InChI is InChI=1S/C20H21F3N6S/c21-20(22,23)4-16-3-17-18(26-12-27-19(17)30-16)29-9-14-1-2-28(8-15(14)10-29)7-13-5-24-11-25-6-13/h3,5-6,11-12,14-15H,1-2,4,7-10H2/t14-,15+/m1/s1. The average Bonchev–Trinajstić information content (AvgIpc) is 3.30. The van der Waals surface area contributed by atoms with Crippen LogP contribution in [0.4, 0.5) is 19.0 Å². The van der Waals surface area contributed by atoms with Crippen LogP contribution in [0.1, 0.15) is 16.9 Å². The highest BCUT2D eigenvalue weighted by Gasteiger charge is 2.38. The first-order chi connectivity index (χ1) is 14.4. The van der Waals surface area contributed by atoms with Crippen molar-refractivity contribution in [2.24, 2.45) is 11.8 Å². The largest absolute Gasteiger partial charge is 0.393 e. The van der Waals surface area contributed by atoms with Crippen LogP contribution in [-0.2, 0) is 13.0 Å². The molecular formula is C20H21F3N6S. The lowest BCUT2D eigenvalue weighted by Gasteiger charge is -2.34. The summed E-state index contributed by atoms with van der Waals surface area (Å²) in [6, 6.07) is 1.62. The van der Waals surface area contributed by atoms with E-state index in [2.05, 4.69) is 29.7 Å². The molecule has 2 atom stereocenters. The molecule has 2 aliphatic heterocycles. The lowest BCUT2D eigenvalue weighted by molar-refractivity contribution is -0.126. The number of hydrogen-bond donors (Lipinski definition) is 0. The van der Waals surface area contributed by atoms with Crippen molar-refractivity contribution in [3.05, 3.63) is 41.6 Å². The Morgan fingerprint density at radius 1 is 1.03 bits per heavy atom. The molecule has 3 aromatic heterocycles. The zero-order chi connectivity index (χ0) is 20.7. The number of piperidine rings is 1. The Hall–Kier alpha value is -2.33.